The molecule has 33 heavy (non-hydrogen) atoms. The Morgan fingerprint density at radius 2 is 1.73 bits per heavy atom. The van der Waals surface area contributed by atoms with Gasteiger partial charge in [0.1, 0.15) is 16.6 Å². The molecule has 180 valence electrons. The van der Waals surface area contributed by atoms with E-state index in [-0.39, 0.29) is 12.0 Å². The second-order valence-electron chi connectivity index (χ2n) is 8.86. The highest BCUT2D eigenvalue weighted by Crippen LogP contribution is 2.15. The maximum atomic E-state index is 12.7. The Morgan fingerprint density at radius 1 is 1.12 bits per heavy atom. The summed E-state index contributed by atoms with van der Waals surface area (Å²) in [5.74, 6) is 0.426. The van der Waals surface area contributed by atoms with E-state index in [1.807, 2.05) is 69.0 Å². The van der Waals surface area contributed by atoms with E-state index in [2.05, 4.69) is 10.3 Å². The van der Waals surface area contributed by atoms with Crippen LogP contribution < -0.4 is 5.32 Å². The molecular weight excluding hydrogens is 440 g/mol. The molecule has 0 atom stereocenters. The third-order valence-corrected chi connectivity index (χ3v) is 5.09. The lowest BCUT2D eigenvalue weighted by atomic mass is 10.2. The smallest absolute Gasteiger partial charge is 0.410 e. The van der Waals surface area contributed by atoms with Crippen molar-refractivity contribution in [1.82, 2.24) is 15.1 Å². The number of rotatable bonds is 6. The second kappa shape index (κ2) is 12.4. The van der Waals surface area contributed by atoms with Crippen molar-refractivity contribution in [3.63, 3.8) is 0 Å². The van der Waals surface area contributed by atoms with Crippen molar-refractivity contribution in [3.8, 4) is 0 Å². The number of halogens is 1. The number of amides is 2. The number of carbonyl (C=O) groups excluding carboxylic acids is 2. The average Bonchev–Trinajstić information content (AvgIpc) is 2.76. The summed E-state index contributed by atoms with van der Waals surface area (Å²) in [5.41, 5.74) is 1.02. The van der Waals surface area contributed by atoms with E-state index < -0.39 is 5.60 Å². The first kappa shape index (κ1) is 26.5. The number of aliphatic imine (C=N–C) groups is 1. The number of allylic oxidation sites excluding steroid dienone is 1. The molecule has 8 heteroatoms. The van der Waals surface area contributed by atoms with Crippen molar-refractivity contribution in [3.05, 3.63) is 58.8 Å². The molecule has 0 aliphatic carbocycles. The van der Waals surface area contributed by atoms with Gasteiger partial charge < -0.3 is 19.9 Å². The minimum Gasteiger partial charge on any atom is -0.444 e. The third-order valence-electron chi connectivity index (χ3n) is 4.85. The largest absolute Gasteiger partial charge is 0.444 e. The zero-order valence-electron chi connectivity index (χ0n) is 20.2. The lowest BCUT2D eigenvalue weighted by Gasteiger charge is -2.36. The van der Waals surface area contributed by atoms with Gasteiger partial charge in [0.05, 0.1) is 0 Å². The van der Waals surface area contributed by atoms with E-state index in [0.29, 0.717) is 49.3 Å². The maximum Gasteiger partial charge on any atom is 0.410 e. The SMILES string of the molecule is CC/C=C(Cl)/N=C(\C=C(/C)C(=O)NCc1ccccc1)N1CCN(C(=O)OC(C)(C)C)CC1. The van der Waals surface area contributed by atoms with Gasteiger partial charge in [-0.1, -0.05) is 48.9 Å². The molecule has 1 saturated heterocycles. The van der Waals surface area contributed by atoms with Gasteiger partial charge in [0.25, 0.3) is 0 Å². The van der Waals surface area contributed by atoms with E-state index in [4.69, 9.17) is 16.3 Å². The van der Waals surface area contributed by atoms with Gasteiger partial charge in [-0.05, 0) is 51.8 Å². The summed E-state index contributed by atoms with van der Waals surface area (Å²) in [4.78, 5) is 33.3. The van der Waals surface area contributed by atoms with Crippen LogP contribution in [0.25, 0.3) is 0 Å². The molecule has 0 aromatic heterocycles. The third kappa shape index (κ3) is 9.30. The lowest BCUT2D eigenvalue weighted by Crippen LogP contribution is -2.51. The van der Waals surface area contributed by atoms with E-state index in [1.54, 1.807) is 17.9 Å². The van der Waals surface area contributed by atoms with Gasteiger partial charge in [0.15, 0.2) is 0 Å². The maximum absolute atomic E-state index is 12.7. The quantitative estimate of drug-likeness (QED) is 0.281. The van der Waals surface area contributed by atoms with Crippen LogP contribution in [-0.2, 0) is 16.1 Å². The molecule has 1 fully saturated rings. The molecule has 2 amide bonds. The first-order valence-electron chi connectivity index (χ1n) is 11.3. The van der Waals surface area contributed by atoms with Gasteiger partial charge in [-0.25, -0.2) is 9.79 Å². The number of ether oxygens (including phenoxy) is 1. The fourth-order valence-corrected chi connectivity index (χ4v) is 3.38. The van der Waals surface area contributed by atoms with Gasteiger partial charge in [-0.15, -0.1) is 0 Å². The molecule has 0 saturated carbocycles. The zero-order valence-corrected chi connectivity index (χ0v) is 21.0. The summed E-state index contributed by atoms with van der Waals surface area (Å²) in [6.45, 7) is 11.8. The normalized spacial score (nSPS) is 16.0. The molecule has 0 radical (unpaired) electrons. The van der Waals surface area contributed by atoms with Gasteiger partial charge in [-0.3, -0.25) is 4.79 Å². The first-order chi connectivity index (χ1) is 15.6. The highest BCUT2D eigenvalue weighted by atomic mass is 35.5. The molecule has 0 spiro atoms. The van der Waals surface area contributed by atoms with E-state index >= 15 is 0 Å². The standard InChI is InChI=1S/C25H35ClN4O3/c1-6-10-21(26)28-22(17-19(2)23(31)27-18-20-11-8-7-9-12-20)29-13-15-30(16-14-29)24(32)33-25(3,4)5/h7-12,17H,6,13-16,18H2,1-5H3,(H,27,31)/b19-17+,21-10+,28-22+. The molecule has 7 nitrogen and oxygen atoms in total. The van der Waals surface area contributed by atoms with Gasteiger partial charge in [0, 0.05) is 38.3 Å². The topological polar surface area (TPSA) is 74.2 Å². The van der Waals surface area contributed by atoms with Crippen molar-refractivity contribution in [2.75, 3.05) is 26.2 Å². The van der Waals surface area contributed by atoms with Crippen LogP contribution in [0.15, 0.2) is 58.2 Å². The molecule has 1 N–H and O–H groups in total. The lowest BCUT2D eigenvalue weighted by molar-refractivity contribution is -0.117. The molecule has 1 aliphatic rings. The number of hydrogen-bond donors (Lipinski definition) is 1. The number of piperazine rings is 1. The summed E-state index contributed by atoms with van der Waals surface area (Å²) < 4.78 is 5.47. The Bertz CT molecular complexity index is 896. The molecular formula is C25H35ClN4O3. The highest BCUT2D eigenvalue weighted by Gasteiger charge is 2.27. The van der Waals surface area contributed by atoms with E-state index in [9.17, 15) is 9.59 Å². The molecule has 0 unspecified atom stereocenters. The van der Waals surface area contributed by atoms with Crippen molar-refractivity contribution in [1.29, 1.82) is 0 Å². The van der Waals surface area contributed by atoms with Gasteiger partial charge in [0.2, 0.25) is 5.91 Å². The number of amidine groups is 1. The number of benzene rings is 1. The summed E-state index contributed by atoms with van der Waals surface area (Å²) in [7, 11) is 0. The highest BCUT2D eigenvalue weighted by molar-refractivity contribution is 6.30. The Kier molecular flexibility index (Phi) is 9.97. The van der Waals surface area contributed by atoms with Crippen LogP contribution in [0.4, 0.5) is 4.79 Å². The van der Waals surface area contributed by atoms with E-state index in [1.165, 1.54) is 0 Å². The predicted molar refractivity (Wildman–Crippen MR) is 133 cm³/mol. The Balaban J connectivity index is 2.09. The van der Waals surface area contributed by atoms with Gasteiger partial charge >= 0.3 is 6.09 Å². The fraction of sp³-hybridized carbons (Fsp3) is 0.480. The van der Waals surface area contributed by atoms with Crippen LogP contribution >= 0.6 is 11.6 Å². The first-order valence-corrected chi connectivity index (χ1v) is 11.6. The number of hydrogen-bond acceptors (Lipinski definition) is 4. The second-order valence-corrected chi connectivity index (χ2v) is 9.24. The summed E-state index contributed by atoms with van der Waals surface area (Å²) >= 11 is 6.28. The molecule has 2 rings (SSSR count). The van der Waals surface area contributed by atoms with Crippen molar-refractivity contribution in [2.45, 2.75) is 53.2 Å². The van der Waals surface area contributed by atoms with Crippen LogP contribution in [-0.4, -0.2) is 59.4 Å². The van der Waals surface area contributed by atoms with Crippen LogP contribution in [0.1, 0.15) is 46.6 Å². The van der Waals surface area contributed by atoms with E-state index in [0.717, 1.165) is 12.0 Å². The average molecular weight is 475 g/mol. The summed E-state index contributed by atoms with van der Waals surface area (Å²) in [6, 6.07) is 9.74. The van der Waals surface area contributed by atoms with Crippen LogP contribution in [0.2, 0.25) is 0 Å². The minimum atomic E-state index is -0.535. The van der Waals surface area contributed by atoms with Crippen molar-refractivity contribution in [2.24, 2.45) is 4.99 Å². The van der Waals surface area contributed by atoms with Crippen LogP contribution in [0, 0.1) is 0 Å². The number of carbonyl (C=O) groups is 2. The fourth-order valence-electron chi connectivity index (χ4n) is 3.14. The van der Waals surface area contributed by atoms with Crippen LogP contribution in [0.3, 0.4) is 0 Å². The molecule has 0 bridgehead atoms. The predicted octanol–water partition coefficient (Wildman–Crippen LogP) is 4.69. The molecule has 1 heterocycles. The monoisotopic (exact) mass is 474 g/mol. The molecule has 1 aromatic rings. The van der Waals surface area contributed by atoms with Crippen molar-refractivity contribution >= 4 is 29.4 Å². The minimum absolute atomic E-state index is 0.172. The summed E-state index contributed by atoms with van der Waals surface area (Å²) in [5, 5.41) is 3.30. The Labute approximate surface area is 202 Å². The van der Waals surface area contributed by atoms with Gasteiger partial charge in [-0.2, -0.15) is 0 Å². The number of nitrogens with one attached hydrogen (secondary N) is 1. The number of nitrogens with zero attached hydrogens (tertiary/aromatic N) is 3. The van der Waals surface area contributed by atoms with Crippen LogP contribution in [0.5, 0.6) is 0 Å². The van der Waals surface area contributed by atoms with Crippen molar-refractivity contribution < 1.29 is 14.3 Å². The molecule has 1 aliphatic heterocycles. The summed E-state index contributed by atoms with van der Waals surface area (Å²) in [6.07, 6.45) is 3.99. The Hall–Kier alpha value is -2.80. The Morgan fingerprint density at radius 3 is 2.30 bits per heavy atom. The zero-order chi connectivity index (χ0) is 24.4. The molecule has 1 aromatic carbocycles.